The van der Waals surface area contributed by atoms with Crippen molar-refractivity contribution in [1.82, 2.24) is 14.8 Å². The number of hydrogen-bond acceptors (Lipinski definition) is 5. The lowest BCUT2D eigenvalue weighted by atomic mass is 10.2. The minimum Gasteiger partial charge on any atom is -0.384 e. The van der Waals surface area contributed by atoms with Gasteiger partial charge in [0.1, 0.15) is 11.5 Å². The first-order valence-corrected chi connectivity index (χ1v) is 7.07. The number of nitrogens with two attached hydrogens (primary N) is 1. The highest BCUT2D eigenvalue weighted by molar-refractivity contribution is 5.92. The number of morpholine rings is 1. The lowest BCUT2D eigenvalue weighted by molar-refractivity contribution is 0.0185. The molecule has 20 heavy (non-hydrogen) atoms. The van der Waals surface area contributed by atoms with E-state index < -0.39 is 0 Å². The molecule has 2 fully saturated rings. The Bertz CT molecular complexity index is 488. The number of nitrogens with zero attached hydrogens (tertiary/aromatic N) is 3. The lowest BCUT2D eigenvalue weighted by Gasteiger charge is -2.32. The zero-order valence-electron chi connectivity index (χ0n) is 11.5. The van der Waals surface area contributed by atoms with Crippen LogP contribution in [0.3, 0.4) is 0 Å². The number of pyridine rings is 1. The van der Waals surface area contributed by atoms with E-state index in [1.807, 2.05) is 4.90 Å². The molecule has 108 valence electrons. The van der Waals surface area contributed by atoms with Gasteiger partial charge in [0.15, 0.2) is 0 Å². The highest BCUT2D eigenvalue weighted by Crippen LogP contribution is 2.18. The Hall–Kier alpha value is -1.66. The molecule has 2 aliphatic rings. The van der Waals surface area contributed by atoms with Crippen LogP contribution >= 0.6 is 0 Å². The second-order valence-electron chi connectivity index (χ2n) is 5.29. The van der Waals surface area contributed by atoms with Gasteiger partial charge in [0.2, 0.25) is 0 Å². The van der Waals surface area contributed by atoms with E-state index in [4.69, 9.17) is 10.5 Å². The van der Waals surface area contributed by atoms with E-state index in [0.29, 0.717) is 17.6 Å². The van der Waals surface area contributed by atoms with E-state index >= 15 is 0 Å². The number of anilines is 1. The Labute approximate surface area is 118 Å². The van der Waals surface area contributed by atoms with E-state index in [1.165, 1.54) is 0 Å². The molecule has 3 rings (SSSR count). The van der Waals surface area contributed by atoms with Crippen molar-refractivity contribution in [2.24, 2.45) is 0 Å². The van der Waals surface area contributed by atoms with Gasteiger partial charge in [0.25, 0.3) is 5.91 Å². The number of aromatic nitrogens is 1. The molecule has 1 aromatic heterocycles. The van der Waals surface area contributed by atoms with E-state index in [-0.39, 0.29) is 5.91 Å². The summed E-state index contributed by atoms with van der Waals surface area (Å²) in [6.45, 7) is 5.07. The number of likely N-dealkylation sites (tertiary alicyclic amines) is 1. The van der Waals surface area contributed by atoms with Crippen LogP contribution in [0, 0.1) is 0 Å². The zero-order valence-corrected chi connectivity index (χ0v) is 11.5. The highest BCUT2D eigenvalue weighted by atomic mass is 16.5. The quantitative estimate of drug-likeness (QED) is 0.836. The van der Waals surface area contributed by atoms with Gasteiger partial charge in [-0.1, -0.05) is 6.07 Å². The molecule has 6 heteroatoms. The minimum atomic E-state index is -0.0203. The molecule has 0 saturated carbocycles. The molecule has 2 N–H and O–H groups in total. The number of amides is 1. The second kappa shape index (κ2) is 5.76. The molecule has 0 bridgehead atoms. The SMILES string of the molecule is Nc1cccc(C(=O)N2CCC(N3CCOCC3)C2)n1. The number of hydrogen-bond donors (Lipinski definition) is 1. The van der Waals surface area contributed by atoms with Crippen molar-refractivity contribution < 1.29 is 9.53 Å². The van der Waals surface area contributed by atoms with Gasteiger partial charge in [-0.15, -0.1) is 0 Å². The molecule has 0 aliphatic carbocycles. The first-order chi connectivity index (χ1) is 9.74. The van der Waals surface area contributed by atoms with Crippen LogP contribution in [0.25, 0.3) is 0 Å². The molecular weight excluding hydrogens is 256 g/mol. The van der Waals surface area contributed by atoms with E-state index in [0.717, 1.165) is 45.8 Å². The summed E-state index contributed by atoms with van der Waals surface area (Å²) < 4.78 is 5.37. The lowest BCUT2D eigenvalue weighted by Crippen LogP contribution is -2.45. The van der Waals surface area contributed by atoms with Crippen LogP contribution in [0.2, 0.25) is 0 Å². The summed E-state index contributed by atoms with van der Waals surface area (Å²) in [4.78, 5) is 20.8. The van der Waals surface area contributed by atoms with E-state index in [1.54, 1.807) is 18.2 Å². The van der Waals surface area contributed by atoms with Gasteiger partial charge in [0, 0.05) is 32.2 Å². The summed E-state index contributed by atoms with van der Waals surface area (Å²) in [7, 11) is 0. The Kier molecular flexibility index (Phi) is 3.84. The maximum atomic E-state index is 12.4. The number of rotatable bonds is 2. The van der Waals surface area contributed by atoms with Crippen molar-refractivity contribution in [1.29, 1.82) is 0 Å². The number of carbonyl (C=O) groups is 1. The predicted molar refractivity (Wildman–Crippen MR) is 75.3 cm³/mol. The van der Waals surface area contributed by atoms with Crippen molar-refractivity contribution in [2.75, 3.05) is 45.1 Å². The van der Waals surface area contributed by atoms with Gasteiger partial charge in [-0.2, -0.15) is 0 Å². The summed E-state index contributed by atoms with van der Waals surface area (Å²) in [6.07, 6.45) is 1.02. The Balaban J connectivity index is 1.63. The van der Waals surface area contributed by atoms with Crippen LogP contribution in [0.1, 0.15) is 16.9 Å². The summed E-state index contributed by atoms with van der Waals surface area (Å²) >= 11 is 0. The topological polar surface area (TPSA) is 71.7 Å². The Morgan fingerprint density at radius 3 is 2.85 bits per heavy atom. The van der Waals surface area contributed by atoms with Gasteiger partial charge in [-0.3, -0.25) is 9.69 Å². The molecule has 6 nitrogen and oxygen atoms in total. The van der Waals surface area contributed by atoms with Crippen LogP contribution < -0.4 is 5.73 Å². The second-order valence-corrected chi connectivity index (χ2v) is 5.29. The van der Waals surface area contributed by atoms with Crippen LogP contribution in [0.15, 0.2) is 18.2 Å². The summed E-state index contributed by atoms with van der Waals surface area (Å²) in [5.74, 6) is 0.368. The van der Waals surface area contributed by atoms with Crippen molar-refractivity contribution in [2.45, 2.75) is 12.5 Å². The molecule has 3 heterocycles. The Morgan fingerprint density at radius 2 is 2.10 bits per heavy atom. The van der Waals surface area contributed by atoms with Gasteiger partial charge < -0.3 is 15.4 Å². The fourth-order valence-corrected chi connectivity index (χ4v) is 2.90. The molecule has 1 atom stereocenters. The summed E-state index contributed by atoms with van der Waals surface area (Å²) in [5.41, 5.74) is 6.07. The van der Waals surface area contributed by atoms with Crippen molar-refractivity contribution >= 4 is 11.7 Å². The first-order valence-electron chi connectivity index (χ1n) is 7.07. The molecular formula is C14H20N4O2. The van der Waals surface area contributed by atoms with Gasteiger partial charge in [-0.25, -0.2) is 4.98 Å². The van der Waals surface area contributed by atoms with Crippen LogP contribution in [-0.4, -0.2) is 66.1 Å². The Morgan fingerprint density at radius 1 is 1.30 bits per heavy atom. The summed E-state index contributed by atoms with van der Waals surface area (Å²) in [6, 6.07) is 5.63. The standard InChI is InChI=1S/C14H20N4O2/c15-13-3-1-2-12(16-13)14(19)18-5-4-11(10-18)17-6-8-20-9-7-17/h1-3,11H,4-10H2,(H2,15,16). The fraction of sp³-hybridized carbons (Fsp3) is 0.571. The maximum Gasteiger partial charge on any atom is 0.272 e. The average Bonchev–Trinajstić information content (AvgIpc) is 2.97. The molecule has 0 spiro atoms. The monoisotopic (exact) mass is 276 g/mol. The fourth-order valence-electron chi connectivity index (χ4n) is 2.90. The van der Waals surface area contributed by atoms with Crippen LogP contribution in [0.5, 0.6) is 0 Å². The number of ether oxygens (including phenoxy) is 1. The smallest absolute Gasteiger partial charge is 0.272 e. The molecule has 0 aromatic carbocycles. The van der Waals surface area contributed by atoms with E-state index in [2.05, 4.69) is 9.88 Å². The minimum absolute atomic E-state index is 0.0203. The highest BCUT2D eigenvalue weighted by Gasteiger charge is 2.31. The maximum absolute atomic E-state index is 12.4. The predicted octanol–water partition coefficient (Wildman–Crippen LogP) is 0.211. The third-order valence-electron chi connectivity index (χ3n) is 4.00. The first kappa shape index (κ1) is 13.3. The number of carbonyl (C=O) groups excluding carboxylic acids is 1. The third kappa shape index (κ3) is 2.76. The average molecular weight is 276 g/mol. The summed E-state index contributed by atoms with van der Waals surface area (Å²) in [5, 5.41) is 0. The van der Waals surface area contributed by atoms with Crippen molar-refractivity contribution in [3.05, 3.63) is 23.9 Å². The molecule has 1 amide bonds. The molecule has 0 radical (unpaired) electrons. The van der Waals surface area contributed by atoms with E-state index in [9.17, 15) is 4.79 Å². The van der Waals surface area contributed by atoms with Gasteiger partial charge in [-0.05, 0) is 18.6 Å². The van der Waals surface area contributed by atoms with Crippen LogP contribution in [-0.2, 0) is 4.74 Å². The zero-order chi connectivity index (χ0) is 13.9. The van der Waals surface area contributed by atoms with Crippen molar-refractivity contribution in [3.63, 3.8) is 0 Å². The molecule has 2 saturated heterocycles. The molecule has 1 unspecified atom stereocenters. The normalized spacial score (nSPS) is 24.0. The van der Waals surface area contributed by atoms with Gasteiger partial charge >= 0.3 is 0 Å². The number of nitrogen functional groups attached to an aromatic ring is 1. The third-order valence-corrected chi connectivity index (χ3v) is 4.00. The molecule has 1 aromatic rings. The molecule has 2 aliphatic heterocycles. The van der Waals surface area contributed by atoms with Crippen LogP contribution in [0.4, 0.5) is 5.82 Å². The van der Waals surface area contributed by atoms with Crippen molar-refractivity contribution in [3.8, 4) is 0 Å². The largest absolute Gasteiger partial charge is 0.384 e. The van der Waals surface area contributed by atoms with Gasteiger partial charge in [0.05, 0.1) is 13.2 Å².